The first-order valence-corrected chi connectivity index (χ1v) is 10.3. The van der Waals surface area contributed by atoms with Crippen LogP contribution in [0.2, 0.25) is 0 Å². The molecule has 2 aromatic rings. The third kappa shape index (κ3) is 5.16. The summed E-state index contributed by atoms with van der Waals surface area (Å²) in [5.74, 6) is 2.13. The van der Waals surface area contributed by atoms with E-state index >= 15 is 0 Å². The van der Waals surface area contributed by atoms with Crippen LogP contribution in [0.15, 0.2) is 33.8 Å². The van der Waals surface area contributed by atoms with E-state index in [1.807, 2.05) is 43.0 Å². The maximum Gasteiger partial charge on any atom is 0.227 e. The first kappa shape index (κ1) is 20.9. The molecule has 0 saturated carbocycles. The summed E-state index contributed by atoms with van der Waals surface area (Å²) in [7, 11) is 0. The van der Waals surface area contributed by atoms with Gasteiger partial charge in [-0.1, -0.05) is 24.2 Å². The minimum atomic E-state index is 0.210. The number of nitrogens with one attached hydrogen (secondary N) is 2. The van der Waals surface area contributed by atoms with Crippen molar-refractivity contribution in [1.82, 2.24) is 15.8 Å². The number of hydrogen-bond donors (Lipinski definition) is 2. The molecule has 2 N–H and O–H groups in total. The topological polar surface area (TPSA) is 82.8 Å². The summed E-state index contributed by atoms with van der Waals surface area (Å²) in [5.41, 5.74) is 4.17. The van der Waals surface area contributed by atoms with Crippen LogP contribution < -0.4 is 15.5 Å². The monoisotopic (exact) mass is 397 g/mol. The number of benzene rings is 1. The molecule has 3 rings (SSSR count). The van der Waals surface area contributed by atoms with Crippen molar-refractivity contribution >= 4 is 17.6 Å². The van der Waals surface area contributed by atoms with Gasteiger partial charge in [-0.05, 0) is 44.9 Å². The highest BCUT2D eigenvalue weighted by Gasteiger charge is 2.21. The Morgan fingerprint density at radius 2 is 2.03 bits per heavy atom. The van der Waals surface area contributed by atoms with E-state index in [0.29, 0.717) is 13.0 Å². The van der Waals surface area contributed by atoms with Crippen LogP contribution in [0.25, 0.3) is 0 Å². The third-order valence-corrected chi connectivity index (χ3v) is 5.24. The van der Waals surface area contributed by atoms with E-state index < -0.39 is 0 Å². The van der Waals surface area contributed by atoms with Crippen LogP contribution >= 0.6 is 0 Å². The van der Waals surface area contributed by atoms with Gasteiger partial charge < -0.3 is 20.1 Å². The molecule has 1 atom stereocenters. The highest BCUT2D eigenvalue weighted by atomic mass is 16.5. The van der Waals surface area contributed by atoms with E-state index in [1.165, 1.54) is 0 Å². The lowest BCUT2D eigenvalue weighted by Crippen LogP contribution is -2.39. The molecule has 1 aliphatic rings. The molecule has 0 radical (unpaired) electrons. The molecule has 7 nitrogen and oxygen atoms in total. The second kappa shape index (κ2) is 9.58. The molecule has 1 aliphatic heterocycles. The molecule has 7 heteroatoms. The molecule has 0 bridgehead atoms. The lowest BCUT2D eigenvalue weighted by molar-refractivity contribution is -0.117. The van der Waals surface area contributed by atoms with Crippen LogP contribution in [0, 0.1) is 13.8 Å². The largest absolute Gasteiger partial charge is 0.361 e. The van der Waals surface area contributed by atoms with Gasteiger partial charge in [-0.15, -0.1) is 0 Å². The second-order valence-electron chi connectivity index (χ2n) is 7.53. The number of anilines is 1. The number of hydrogen-bond acceptors (Lipinski definition) is 4. The number of rotatable bonds is 7. The molecule has 1 aromatic carbocycles. The van der Waals surface area contributed by atoms with E-state index in [0.717, 1.165) is 60.3 Å². The summed E-state index contributed by atoms with van der Waals surface area (Å²) in [6.07, 6.45) is 1.59. The molecule has 156 valence electrons. The summed E-state index contributed by atoms with van der Waals surface area (Å²) in [6, 6.07) is 8.10. The van der Waals surface area contributed by atoms with Gasteiger partial charge in [0, 0.05) is 43.2 Å². The van der Waals surface area contributed by atoms with Gasteiger partial charge in [0.2, 0.25) is 5.91 Å². The molecule has 1 unspecified atom stereocenters. The van der Waals surface area contributed by atoms with Crippen LogP contribution in [0.1, 0.15) is 55.2 Å². The highest BCUT2D eigenvalue weighted by molar-refractivity contribution is 5.95. The molecule has 2 heterocycles. The molecule has 1 saturated heterocycles. The Morgan fingerprint density at radius 1 is 1.28 bits per heavy atom. The van der Waals surface area contributed by atoms with E-state index in [-0.39, 0.29) is 11.8 Å². The number of aryl methyl sites for hydroxylation is 2. The van der Waals surface area contributed by atoms with Crippen LogP contribution in [-0.2, 0) is 11.3 Å². The van der Waals surface area contributed by atoms with Crippen molar-refractivity contribution in [3.63, 3.8) is 0 Å². The van der Waals surface area contributed by atoms with Crippen molar-refractivity contribution in [1.29, 1.82) is 0 Å². The van der Waals surface area contributed by atoms with Crippen molar-refractivity contribution in [2.45, 2.75) is 53.0 Å². The average Bonchev–Trinajstić information content (AvgIpc) is 3.29. The molecule has 0 spiro atoms. The van der Waals surface area contributed by atoms with Gasteiger partial charge in [0.25, 0.3) is 0 Å². The molecule has 1 amide bonds. The predicted octanol–water partition coefficient (Wildman–Crippen LogP) is 3.28. The van der Waals surface area contributed by atoms with Gasteiger partial charge in [-0.25, -0.2) is 4.99 Å². The summed E-state index contributed by atoms with van der Waals surface area (Å²) in [4.78, 5) is 18.4. The van der Waals surface area contributed by atoms with Gasteiger partial charge in [0.15, 0.2) is 5.96 Å². The molecule has 29 heavy (non-hydrogen) atoms. The maximum atomic E-state index is 11.9. The van der Waals surface area contributed by atoms with Crippen molar-refractivity contribution < 1.29 is 9.32 Å². The Balaban J connectivity index is 1.59. The minimum absolute atomic E-state index is 0.210. The second-order valence-corrected chi connectivity index (χ2v) is 7.53. The fraction of sp³-hybridized carbons (Fsp3) is 0.500. The van der Waals surface area contributed by atoms with Crippen LogP contribution in [0.5, 0.6) is 0 Å². The number of amides is 1. The molecule has 1 fully saturated rings. The number of carbonyl (C=O) groups excluding carboxylic acids is 1. The normalized spacial score (nSPS) is 15.7. The van der Waals surface area contributed by atoms with E-state index in [2.05, 4.69) is 29.6 Å². The number of aromatic nitrogens is 1. The minimum Gasteiger partial charge on any atom is -0.361 e. The molecule has 1 aromatic heterocycles. The van der Waals surface area contributed by atoms with Crippen LogP contribution in [0.4, 0.5) is 5.69 Å². The highest BCUT2D eigenvalue weighted by Crippen LogP contribution is 2.23. The molecular formula is C22H31N5O2. The summed E-state index contributed by atoms with van der Waals surface area (Å²) >= 11 is 0. The third-order valence-electron chi connectivity index (χ3n) is 5.24. The van der Waals surface area contributed by atoms with Crippen LogP contribution in [-0.4, -0.2) is 36.7 Å². The van der Waals surface area contributed by atoms with Gasteiger partial charge in [0.1, 0.15) is 5.76 Å². The lowest BCUT2D eigenvalue weighted by atomic mass is 10.00. The van der Waals surface area contributed by atoms with Gasteiger partial charge in [0.05, 0.1) is 12.2 Å². The fourth-order valence-corrected chi connectivity index (χ4v) is 3.76. The van der Waals surface area contributed by atoms with Crippen LogP contribution in [0.3, 0.4) is 0 Å². The van der Waals surface area contributed by atoms with E-state index in [1.54, 1.807) is 0 Å². The van der Waals surface area contributed by atoms with Gasteiger partial charge in [-0.2, -0.15) is 0 Å². The first-order valence-electron chi connectivity index (χ1n) is 10.3. The summed E-state index contributed by atoms with van der Waals surface area (Å²) in [5, 5.41) is 10.7. The number of aliphatic imine (C=N–C) groups is 1. The van der Waals surface area contributed by atoms with Crippen molar-refractivity contribution in [3.8, 4) is 0 Å². The average molecular weight is 398 g/mol. The zero-order valence-corrected chi connectivity index (χ0v) is 17.8. The van der Waals surface area contributed by atoms with Gasteiger partial charge >= 0.3 is 0 Å². The predicted molar refractivity (Wildman–Crippen MR) is 115 cm³/mol. The fourth-order valence-electron chi connectivity index (χ4n) is 3.76. The maximum absolute atomic E-state index is 11.9. The van der Waals surface area contributed by atoms with Gasteiger partial charge in [-0.3, -0.25) is 4.79 Å². The first-order chi connectivity index (χ1) is 14.0. The van der Waals surface area contributed by atoms with Crippen molar-refractivity contribution in [2.75, 3.05) is 24.5 Å². The Labute approximate surface area is 172 Å². The zero-order chi connectivity index (χ0) is 20.8. The Kier molecular flexibility index (Phi) is 6.90. The van der Waals surface area contributed by atoms with Crippen molar-refractivity contribution in [2.24, 2.45) is 4.99 Å². The summed E-state index contributed by atoms with van der Waals surface area (Å²) in [6.45, 7) is 11.0. The number of guanidine groups is 1. The quantitative estimate of drug-likeness (QED) is 0.553. The Bertz CT molecular complexity index is 837. The zero-order valence-electron chi connectivity index (χ0n) is 17.8. The lowest BCUT2D eigenvalue weighted by Gasteiger charge is -2.17. The number of nitrogens with zero attached hydrogens (tertiary/aromatic N) is 3. The van der Waals surface area contributed by atoms with Crippen molar-refractivity contribution in [3.05, 3.63) is 46.8 Å². The standard InChI is InChI=1S/C22H31N5O2/c1-5-23-22(24-13-15(2)21-16(3)26-29-17(21)4)25-14-18-8-10-19(11-9-18)27-12-6-7-20(27)28/h8-11,15H,5-7,12-14H2,1-4H3,(H2,23,24,25). The Hall–Kier alpha value is -2.83. The van der Waals surface area contributed by atoms with E-state index in [9.17, 15) is 4.79 Å². The molecular weight excluding hydrogens is 366 g/mol. The summed E-state index contributed by atoms with van der Waals surface area (Å²) < 4.78 is 5.28. The smallest absolute Gasteiger partial charge is 0.227 e. The Morgan fingerprint density at radius 3 is 2.62 bits per heavy atom. The van der Waals surface area contributed by atoms with E-state index in [4.69, 9.17) is 9.52 Å². The SMILES string of the molecule is CCNC(=NCc1ccc(N2CCCC2=O)cc1)NCC(C)c1c(C)noc1C. The molecule has 0 aliphatic carbocycles. The number of carbonyl (C=O) groups is 1.